The SMILES string of the molecule is O=C(Nc1ccc(SC(F)(F)F)c(Cl)c1)C(Cl)Cl. The quantitative estimate of drug-likeness (QED) is 0.639. The molecule has 0 fully saturated rings. The summed E-state index contributed by atoms with van der Waals surface area (Å²) in [6.45, 7) is 0. The molecule has 18 heavy (non-hydrogen) atoms. The third-order valence-corrected chi connectivity index (χ3v) is 3.25. The maximum Gasteiger partial charge on any atom is 0.446 e. The van der Waals surface area contributed by atoms with Gasteiger partial charge in [0.15, 0.2) is 4.84 Å². The molecule has 100 valence electrons. The average molecular weight is 339 g/mol. The summed E-state index contributed by atoms with van der Waals surface area (Å²) in [4.78, 5) is 9.71. The minimum absolute atomic E-state index is 0.129. The summed E-state index contributed by atoms with van der Waals surface area (Å²) in [5.74, 6) is -0.689. The lowest BCUT2D eigenvalue weighted by Gasteiger charge is -2.10. The Bertz CT molecular complexity index is 453. The van der Waals surface area contributed by atoms with Crippen LogP contribution in [0.3, 0.4) is 0 Å². The predicted octanol–water partition coefficient (Wildman–Crippen LogP) is 4.69. The van der Waals surface area contributed by atoms with Crippen molar-refractivity contribution in [3.63, 3.8) is 0 Å². The van der Waals surface area contributed by atoms with E-state index in [0.717, 1.165) is 6.07 Å². The molecule has 0 heterocycles. The largest absolute Gasteiger partial charge is 0.446 e. The predicted molar refractivity (Wildman–Crippen MR) is 67.5 cm³/mol. The molecular weight excluding hydrogens is 334 g/mol. The normalized spacial score (nSPS) is 11.7. The van der Waals surface area contributed by atoms with Gasteiger partial charge in [-0.15, -0.1) is 0 Å². The van der Waals surface area contributed by atoms with Crippen LogP contribution in [-0.4, -0.2) is 16.3 Å². The fraction of sp³-hybridized carbons (Fsp3) is 0.222. The van der Waals surface area contributed by atoms with Crippen molar-refractivity contribution in [2.45, 2.75) is 15.2 Å². The maximum absolute atomic E-state index is 12.1. The highest BCUT2D eigenvalue weighted by molar-refractivity contribution is 8.00. The summed E-state index contributed by atoms with van der Waals surface area (Å²) < 4.78 is 36.4. The third-order valence-electron chi connectivity index (χ3n) is 1.62. The first-order chi connectivity index (χ1) is 8.19. The number of rotatable bonds is 3. The number of alkyl halides is 5. The standard InChI is InChI=1S/C9H5Cl3F3NOS/c10-5-3-4(16-8(17)7(11)12)1-2-6(5)18-9(13,14)15/h1-3,7H,(H,16,17). The first-order valence-corrected chi connectivity index (χ1v) is 6.40. The van der Waals surface area contributed by atoms with E-state index in [-0.39, 0.29) is 27.4 Å². The van der Waals surface area contributed by atoms with Gasteiger partial charge in [0.2, 0.25) is 0 Å². The Labute approximate surface area is 120 Å². The molecule has 0 aliphatic heterocycles. The van der Waals surface area contributed by atoms with Gasteiger partial charge >= 0.3 is 5.51 Å². The van der Waals surface area contributed by atoms with Gasteiger partial charge in [-0.25, -0.2) is 0 Å². The number of hydrogen-bond acceptors (Lipinski definition) is 2. The molecule has 0 unspecified atom stereocenters. The third kappa shape index (κ3) is 5.14. The van der Waals surface area contributed by atoms with Crippen molar-refractivity contribution in [3.8, 4) is 0 Å². The molecule has 1 rings (SSSR count). The lowest BCUT2D eigenvalue weighted by Crippen LogP contribution is -2.18. The molecule has 0 atom stereocenters. The summed E-state index contributed by atoms with van der Waals surface area (Å²) in [6, 6.07) is 3.60. The Morgan fingerprint density at radius 1 is 1.33 bits per heavy atom. The summed E-state index contributed by atoms with van der Waals surface area (Å²) >= 11 is 15.9. The zero-order chi connectivity index (χ0) is 13.9. The fourth-order valence-electron chi connectivity index (χ4n) is 0.983. The van der Waals surface area contributed by atoms with Crippen molar-refractivity contribution >= 4 is 58.2 Å². The first kappa shape index (κ1) is 15.8. The van der Waals surface area contributed by atoms with Crippen LogP contribution in [0.4, 0.5) is 18.9 Å². The Morgan fingerprint density at radius 3 is 2.39 bits per heavy atom. The van der Waals surface area contributed by atoms with Gasteiger partial charge in [-0.1, -0.05) is 34.8 Å². The van der Waals surface area contributed by atoms with Crippen molar-refractivity contribution in [2.75, 3.05) is 5.32 Å². The topological polar surface area (TPSA) is 29.1 Å². The van der Waals surface area contributed by atoms with Crippen molar-refractivity contribution in [2.24, 2.45) is 0 Å². The second-order valence-corrected chi connectivity index (χ2v) is 5.59. The van der Waals surface area contributed by atoms with Crippen LogP contribution in [0, 0.1) is 0 Å². The van der Waals surface area contributed by atoms with E-state index in [0.29, 0.717) is 0 Å². The summed E-state index contributed by atoms with van der Waals surface area (Å²) in [7, 11) is 0. The van der Waals surface area contributed by atoms with E-state index in [2.05, 4.69) is 5.32 Å². The van der Waals surface area contributed by atoms with E-state index in [1.807, 2.05) is 0 Å². The highest BCUT2D eigenvalue weighted by Crippen LogP contribution is 2.40. The number of hydrogen-bond donors (Lipinski definition) is 1. The van der Waals surface area contributed by atoms with E-state index >= 15 is 0 Å². The van der Waals surface area contributed by atoms with E-state index in [4.69, 9.17) is 34.8 Å². The number of thioether (sulfide) groups is 1. The summed E-state index contributed by atoms with van der Waals surface area (Å²) in [6.07, 6.45) is 0. The minimum Gasteiger partial charge on any atom is -0.324 e. The molecule has 1 amide bonds. The summed E-state index contributed by atoms with van der Waals surface area (Å²) in [5, 5.41) is 2.17. The van der Waals surface area contributed by atoms with Crippen molar-refractivity contribution in [1.82, 2.24) is 0 Å². The highest BCUT2D eigenvalue weighted by Gasteiger charge is 2.30. The van der Waals surface area contributed by atoms with Gasteiger partial charge in [0.25, 0.3) is 5.91 Å². The molecule has 0 bridgehead atoms. The lowest BCUT2D eigenvalue weighted by molar-refractivity contribution is -0.114. The highest BCUT2D eigenvalue weighted by atomic mass is 35.5. The second-order valence-electron chi connectivity index (χ2n) is 2.98. The Morgan fingerprint density at radius 2 is 1.94 bits per heavy atom. The van der Waals surface area contributed by atoms with E-state index in [1.54, 1.807) is 0 Å². The molecule has 1 aromatic carbocycles. The van der Waals surface area contributed by atoms with Crippen LogP contribution in [0.1, 0.15) is 0 Å². The van der Waals surface area contributed by atoms with Gasteiger partial charge in [0.05, 0.1) is 5.02 Å². The first-order valence-electron chi connectivity index (χ1n) is 4.33. The molecule has 0 aliphatic carbocycles. The van der Waals surface area contributed by atoms with Gasteiger partial charge in [-0.05, 0) is 30.0 Å². The van der Waals surface area contributed by atoms with Gasteiger partial charge in [0, 0.05) is 10.6 Å². The maximum atomic E-state index is 12.1. The molecule has 9 heteroatoms. The smallest absolute Gasteiger partial charge is 0.324 e. The molecule has 0 saturated carbocycles. The van der Waals surface area contributed by atoms with E-state index in [9.17, 15) is 18.0 Å². The molecule has 2 nitrogen and oxygen atoms in total. The monoisotopic (exact) mass is 337 g/mol. The van der Waals surface area contributed by atoms with Crippen LogP contribution in [0.15, 0.2) is 23.1 Å². The minimum atomic E-state index is -4.42. The molecule has 0 aromatic heterocycles. The Kier molecular flexibility index (Phi) is 5.46. The second kappa shape index (κ2) is 6.23. The number of carbonyl (C=O) groups is 1. The van der Waals surface area contributed by atoms with Gasteiger partial charge < -0.3 is 5.32 Å². The van der Waals surface area contributed by atoms with Gasteiger partial charge in [0.1, 0.15) is 0 Å². The number of anilines is 1. The number of halogens is 6. The number of amides is 1. The Hall–Kier alpha value is -0.300. The van der Waals surface area contributed by atoms with Crippen LogP contribution >= 0.6 is 46.6 Å². The van der Waals surface area contributed by atoms with Gasteiger partial charge in [-0.2, -0.15) is 13.2 Å². The molecule has 0 saturated heterocycles. The number of carbonyl (C=O) groups excluding carboxylic acids is 1. The Balaban J connectivity index is 2.83. The number of nitrogens with one attached hydrogen (secondary N) is 1. The molecule has 1 aromatic rings. The molecule has 0 aliphatic rings. The lowest BCUT2D eigenvalue weighted by atomic mass is 10.3. The molecular formula is C9H5Cl3F3NOS. The average Bonchev–Trinajstić information content (AvgIpc) is 2.20. The van der Waals surface area contributed by atoms with Gasteiger partial charge in [-0.3, -0.25) is 4.79 Å². The van der Waals surface area contributed by atoms with Crippen LogP contribution < -0.4 is 5.32 Å². The molecule has 1 N–H and O–H groups in total. The van der Waals surface area contributed by atoms with Crippen LogP contribution in [0.2, 0.25) is 5.02 Å². The number of benzene rings is 1. The van der Waals surface area contributed by atoms with E-state index in [1.165, 1.54) is 12.1 Å². The van der Waals surface area contributed by atoms with Crippen molar-refractivity contribution < 1.29 is 18.0 Å². The van der Waals surface area contributed by atoms with Crippen LogP contribution in [0.5, 0.6) is 0 Å². The summed E-state index contributed by atoms with van der Waals surface area (Å²) in [5.41, 5.74) is -4.21. The van der Waals surface area contributed by atoms with Crippen molar-refractivity contribution in [1.29, 1.82) is 0 Å². The molecule has 0 spiro atoms. The zero-order valence-corrected chi connectivity index (χ0v) is 11.5. The van der Waals surface area contributed by atoms with Crippen LogP contribution in [-0.2, 0) is 4.79 Å². The molecule has 0 radical (unpaired) electrons. The van der Waals surface area contributed by atoms with E-state index < -0.39 is 16.3 Å². The fourth-order valence-corrected chi connectivity index (χ4v) is 1.93. The van der Waals surface area contributed by atoms with Crippen LogP contribution in [0.25, 0.3) is 0 Å². The zero-order valence-electron chi connectivity index (χ0n) is 8.39. The van der Waals surface area contributed by atoms with Crippen molar-refractivity contribution in [3.05, 3.63) is 23.2 Å².